The highest BCUT2D eigenvalue weighted by atomic mass is 35.5. The number of aryl methyl sites for hydroxylation is 2. The molecular formula is C18H26Cl2N6O2S. The van der Waals surface area contributed by atoms with E-state index in [0.717, 1.165) is 48.7 Å². The zero-order valence-corrected chi connectivity index (χ0v) is 18.9. The minimum atomic E-state index is 0. The number of hydrogen-bond acceptors (Lipinski definition) is 6. The summed E-state index contributed by atoms with van der Waals surface area (Å²) in [6.45, 7) is 5.14. The quantitative estimate of drug-likeness (QED) is 0.753. The lowest BCUT2D eigenvalue weighted by Gasteiger charge is -2.41. The Morgan fingerprint density at radius 3 is 2.79 bits per heavy atom. The van der Waals surface area contributed by atoms with E-state index in [1.807, 2.05) is 30.0 Å². The Hall–Kier alpha value is -1.68. The first kappa shape index (κ1) is 23.6. The van der Waals surface area contributed by atoms with Crippen molar-refractivity contribution in [2.45, 2.75) is 25.8 Å². The van der Waals surface area contributed by atoms with E-state index in [9.17, 15) is 9.59 Å². The van der Waals surface area contributed by atoms with Crippen molar-refractivity contribution in [3.05, 3.63) is 23.0 Å². The fraction of sp³-hybridized carbons (Fsp3) is 0.556. The van der Waals surface area contributed by atoms with Crippen molar-refractivity contribution in [1.29, 1.82) is 0 Å². The molecule has 2 aromatic heterocycles. The molecule has 4 rings (SSSR count). The van der Waals surface area contributed by atoms with Gasteiger partial charge in [-0.3, -0.25) is 14.3 Å². The summed E-state index contributed by atoms with van der Waals surface area (Å²) >= 11 is 1.42. The lowest BCUT2D eigenvalue weighted by molar-refractivity contribution is -0.135. The van der Waals surface area contributed by atoms with Gasteiger partial charge in [0.2, 0.25) is 5.91 Å². The highest BCUT2D eigenvalue weighted by Gasteiger charge is 2.33. The molecule has 0 saturated carbocycles. The molecule has 0 radical (unpaired) electrons. The molecule has 2 fully saturated rings. The van der Waals surface area contributed by atoms with Gasteiger partial charge in [-0.1, -0.05) is 0 Å². The number of piperidine rings is 1. The van der Waals surface area contributed by atoms with Crippen LogP contribution in [-0.2, 0) is 11.8 Å². The van der Waals surface area contributed by atoms with Gasteiger partial charge < -0.3 is 15.1 Å². The molecule has 0 aromatic carbocycles. The smallest absolute Gasteiger partial charge is 0.265 e. The molecule has 2 saturated heterocycles. The Bertz CT molecular complexity index is 870. The van der Waals surface area contributed by atoms with Gasteiger partial charge in [0.05, 0.1) is 18.4 Å². The van der Waals surface area contributed by atoms with Crippen LogP contribution in [-0.4, -0.2) is 75.1 Å². The normalized spacial score (nSPS) is 19.5. The average molecular weight is 461 g/mol. The van der Waals surface area contributed by atoms with Gasteiger partial charge in [0.25, 0.3) is 5.91 Å². The van der Waals surface area contributed by atoms with Crippen molar-refractivity contribution in [2.24, 2.45) is 7.05 Å². The first-order chi connectivity index (χ1) is 13.0. The van der Waals surface area contributed by atoms with Crippen molar-refractivity contribution in [3.63, 3.8) is 0 Å². The second-order valence-corrected chi connectivity index (χ2v) is 8.15. The highest BCUT2D eigenvalue weighted by molar-refractivity contribution is 7.17. The third-order valence-corrected chi connectivity index (χ3v) is 6.39. The number of nitrogens with one attached hydrogen (secondary N) is 1. The first-order valence-electron chi connectivity index (χ1n) is 9.29. The predicted molar refractivity (Wildman–Crippen MR) is 117 cm³/mol. The van der Waals surface area contributed by atoms with Gasteiger partial charge in [0.1, 0.15) is 9.88 Å². The Morgan fingerprint density at radius 1 is 1.31 bits per heavy atom. The summed E-state index contributed by atoms with van der Waals surface area (Å²) in [7, 11) is 1.86. The van der Waals surface area contributed by atoms with Crippen molar-refractivity contribution < 1.29 is 9.59 Å². The minimum Gasteiger partial charge on any atom is -0.336 e. The Balaban J connectivity index is 0.00000150. The van der Waals surface area contributed by atoms with Gasteiger partial charge in [0.15, 0.2) is 0 Å². The van der Waals surface area contributed by atoms with Crippen LogP contribution in [0.5, 0.6) is 0 Å². The molecule has 29 heavy (non-hydrogen) atoms. The molecule has 2 aliphatic heterocycles. The molecular weight excluding hydrogens is 435 g/mol. The molecule has 160 valence electrons. The van der Waals surface area contributed by atoms with Gasteiger partial charge in [-0.2, -0.15) is 5.10 Å². The summed E-state index contributed by atoms with van der Waals surface area (Å²) in [6.07, 6.45) is 5.54. The summed E-state index contributed by atoms with van der Waals surface area (Å²) in [5, 5.41) is 8.10. The van der Waals surface area contributed by atoms with Gasteiger partial charge in [0, 0.05) is 51.0 Å². The number of thiazole rings is 1. The van der Waals surface area contributed by atoms with E-state index >= 15 is 0 Å². The Morgan fingerprint density at radius 2 is 2.10 bits per heavy atom. The number of piperazine rings is 1. The molecule has 0 spiro atoms. The van der Waals surface area contributed by atoms with Crippen LogP contribution in [0.1, 0.15) is 28.2 Å². The second kappa shape index (κ2) is 9.88. The van der Waals surface area contributed by atoms with Crippen molar-refractivity contribution in [1.82, 2.24) is 29.9 Å². The number of carbonyl (C=O) groups excluding carboxylic acids is 2. The Kier molecular flexibility index (Phi) is 8.04. The molecule has 1 atom stereocenters. The largest absolute Gasteiger partial charge is 0.336 e. The van der Waals surface area contributed by atoms with Gasteiger partial charge >= 0.3 is 0 Å². The maximum absolute atomic E-state index is 13.1. The van der Waals surface area contributed by atoms with Crippen molar-refractivity contribution in [2.75, 3.05) is 32.7 Å². The van der Waals surface area contributed by atoms with E-state index < -0.39 is 0 Å². The number of halogens is 2. The molecule has 2 aliphatic rings. The molecule has 0 bridgehead atoms. The van der Waals surface area contributed by atoms with Crippen LogP contribution in [0, 0.1) is 6.92 Å². The zero-order chi connectivity index (χ0) is 19.0. The number of nitrogens with zero attached hydrogens (tertiary/aromatic N) is 5. The number of hydrogen-bond donors (Lipinski definition) is 1. The van der Waals surface area contributed by atoms with Crippen LogP contribution in [0.2, 0.25) is 0 Å². The van der Waals surface area contributed by atoms with E-state index in [0.29, 0.717) is 18.0 Å². The third-order valence-electron chi connectivity index (χ3n) is 5.19. The van der Waals surface area contributed by atoms with Crippen LogP contribution in [0.15, 0.2) is 12.4 Å². The molecule has 1 N–H and O–H groups in total. The molecule has 2 amide bonds. The maximum Gasteiger partial charge on any atom is 0.265 e. The SMILES string of the molecule is Cc1nc(-c2cnn(C)c2)sc1C(=O)N1CCCC(N2CCNCC2=O)C1.Cl.Cl. The van der Waals surface area contributed by atoms with E-state index in [-0.39, 0.29) is 42.7 Å². The van der Waals surface area contributed by atoms with Crippen LogP contribution >= 0.6 is 36.2 Å². The summed E-state index contributed by atoms with van der Waals surface area (Å²) in [4.78, 5) is 34.4. The topological polar surface area (TPSA) is 83.4 Å². The molecule has 4 heterocycles. The monoisotopic (exact) mass is 460 g/mol. The lowest BCUT2D eigenvalue weighted by atomic mass is 10.0. The Labute approximate surface area is 186 Å². The standard InChI is InChI=1S/C18H24N6O2S.2ClH/c1-12-16(27-17(21-12)13-8-20-22(2)10-13)18(26)23-6-3-4-14(11-23)24-7-5-19-9-15(24)25;;/h8,10,14,19H,3-7,9,11H2,1-2H3;2*1H. The second-order valence-electron chi connectivity index (χ2n) is 7.15. The number of carbonyl (C=O) groups is 2. The molecule has 11 heteroatoms. The highest BCUT2D eigenvalue weighted by Crippen LogP contribution is 2.29. The summed E-state index contributed by atoms with van der Waals surface area (Å²) in [5.41, 5.74) is 1.68. The van der Waals surface area contributed by atoms with Crippen molar-refractivity contribution in [3.8, 4) is 10.6 Å². The molecule has 1 unspecified atom stereocenters. The van der Waals surface area contributed by atoms with E-state index in [2.05, 4.69) is 15.4 Å². The number of amides is 2. The van der Waals surface area contributed by atoms with E-state index in [1.54, 1.807) is 10.9 Å². The van der Waals surface area contributed by atoms with Gasteiger partial charge in [-0.25, -0.2) is 4.98 Å². The average Bonchev–Trinajstić information content (AvgIpc) is 3.27. The van der Waals surface area contributed by atoms with Gasteiger partial charge in [-0.05, 0) is 19.8 Å². The van der Waals surface area contributed by atoms with Crippen molar-refractivity contribution >= 4 is 48.0 Å². The number of rotatable bonds is 3. The third kappa shape index (κ3) is 4.91. The van der Waals surface area contributed by atoms with E-state index in [1.165, 1.54) is 11.3 Å². The zero-order valence-electron chi connectivity index (χ0n) is 16.5. The van der Waals surface area contributed by atoms with Gasteiger partial charge in [-0.15, -0.1) is 36.2 Å². The molecule has 2 aromatic rings. The summed E-state index contributed by atoms with van der Waals surface area (Å²) < 4.78 is 1.73. The minimum absolute atomic E-state index is 0. The first-order valence-corrected chi connectivity index (χ1v) is 10.1. The van der Waals surface area contributed by atoms with E-state index in [4.69, 9.17) is 0 Å². The van der Waals surface area contributed by atoms with Crippen LogP contribution in [0.4, 0.5) is 0 Å². The van der Waals surface area contributed by atoms with Crippen LogP contribution < -0.4 is 5.32 Å². The number of aromatic nitrogens is 3. The maximum atomic E-state index is 13.1. The molecule has 0 aliphatic carbocycles. The van der Waals surface area contributed by atoms with Crippen LogP contribution in [0.25, 0.3) is 10.6 Å². The fourth-order valence-electron chi connectivity index (χ4n) is 3.79. The van der Waals surface area contributed by atoms with Crippen LogP contribution in [0.3, 0.4) is 0 Å². The summed E-state index contributed by atoms with van der Waals surface area (Å²) in [5.74, 6) is 0.154. The summed E-state index contributed by atoms with van der Waals surface area (Å²) in [6, 6.07) is 0.114. The lowest BCUT2D eigenvalue weighted by Crippen LogP contribution is -2.57. The molecule has 8 nitrogen and oxygen atoms in total. The fourth-order valence-corrected chi connectivity index (χ4v) is 4.80. The predicted octanol–water partition coefficient (Wildman–Crippen LogP) is 1.73. The number of likely N-dealkylation sites (tertiary alicyclic amines) is 1.